The van der Waals surface area contributed by atoms with Gasteiger partial charge in [0, 0.05) is 40.9 Å². The second kappa shape index (κ2) is 13.2. The third-order valence-corrected chi connectivity index (χ3v) is 11.2. The molecule has 254 valence electrons. The smallest absolute Gasteiger partial charge is 0.294 e. The number of hydrogen-bond donors (Lipinski definition) is 4. The van der Waals surface area contributed by atoms with Gasteiger partial charge >= 0.3 is 0 Å². The van der Waals surface area contributed by atoms with Crippen LogP contribution in [0, 0.1) is 0 Å². The van der Waals surface area contributed by atoms with Crippen LogP contribution in [0.25, 0.3) is 0 Å². The summed E-state index contributed by atoms with van der Waals surface area (Å²) in [6.07, 6.45) is 2.00. The SMILES string of the molecule is CC(c1ccc(NC(=O)c2ccc(S(C)(=O)=O)cc2)cc1S(=O)(=O)O)c1ccc(NC(=O)c2ccc(S(C)(=O)=O)cc2)cc1S(=O)(=O)O. The first-order valence-electron chi connectivity index (χ1n) is 13.5. The first-order valence-corrected chi connectivity index (χ1v) is 20.2. The Balaban J connectivity index is 1.66. The quantitative estimate of drug-likeness (QED) is 0.171. The van der Waals surface area contributed by atoms with E-state index in [1.165, 1.54) is 79.7 Å². The Bertz CT molecular complexity index is 2200. The molecule has 4 aromatic carbocycles. The molecule has 0 saturated heterocycles. The van der Waals surface area contributed by atoms with Gasteiger partial charge in [0.15, 0.2) is 19.7 Å². The maximum Gasteiger partial charge on any atom is 0.294 e. The molecule has 0 heterocycles. The van der Waals surface area contributed by atoms with Crippen LogP contribution >= 0.6 is 0 Å². The number of anilines is 2. The minimum Gasteiger partial charge on any atom is -0.322 e. The van der Waals surface area contributed by atoms with Gasteiger partial charge in [0.05, 0.1) is 19.6 Å². The Kier molecular flexibility index (Phi) is 10.0. The fraction of sp³-hybridized carbons (Fsp3) is 0.133. The van der Waals surface area contributed by atoms with Gasteiger partial charge in [-0.25, -0.2) is 16.8 Å². The Labute approximate surface area is 277 Å². The van der Waals surface area contributed by atoms with Crippen LogP contribution in [0.15, 0.2) is 105 Å². The average Bonchev–Trinajstić information content (AvgIpc) is 2.99. The van der Waals surface area contributed by atoms with Gasteiger partial charge in [0.1, 0.15) is 0 Å². The summed E-state index contributed by atoms with van der Waals surface area (Å²) in [4.78, 5) is 24.1. The van der Waals surface area contributed by atoms with Crippen molar-refractivity contribution < 1.29 is 52.4 Å². The van der Waals surface area contributed by atoms with Crippen LogP contribution in [-0.4, -0.2) is 67.1 Å². The molecule has 2 amide bonds. The maximum atomic E-state index is 12.8. The Morgan fingerprint density at radius 2 is 0.854 bits per heavy atom. The van der Waals surface area contributed by atoms with Gasteiger partial charge in [-0.2, -0.15) is 16.8 Å². The van der Waals surface area contributed by atoms with E-state index in [4.69, 9.17) is 0 Å². The molecule has 0 fully saturated rings. The molecule has 4 N–H and O–H groups in total. The zero-order valence-corrected chi connectivity index (χ0v) is 28.5. The third-order valence-electron chi connectivity index (χ3n) is 7.12. The molecule has 0 aliphatic rings. The van der Waals surface area contributed by atoms with E-state index in [0.29, 0.717) is 0 Å². The molecule has 0 aromatic heterocycles. The molecule has 0 aliphatic carbocycles. The van der Waals surface area contributed by atoms with E-state index >= 15 is 0 Å². The summed E-state index contributed by atoms with van der Waals surface area (Å²) in [5.41, 5.74) is -0.281. The maximum absolute atomic E-state index is 12.8. The van der Waals surface area contributed by atoms with Crippen LogP contribution in [0.1, 0.15) is 44.7 Å². The van der Waals surface area contributed by atoms with Crippen LogP contribution in [0.3, 0.4) is 0 Å². The highest BCUT2D eigenvalue weighted by Crippen LogP contribution is 2.36. The van der Waals surface area contributed by atoms with Crippen LogP contribution in [0.2, 0.25) is 0 Å². The fourth-order valence-corrected chi connectivity index (χ4v) is 7.57. The predicted octanol–water partition coefficient (Wildman–Crippen LogP) is 3.64. The second-order valence-electron chi connectivity index (χ2n) is 10.7. The second-order valence-corrected chi connectivity index (χ2v) is 17.5. The molecule has 4 rings (SSSR count). The van der Waals surface area contributed by atoms with Gasteiger partial charge in [-0.15, -0.1) is 0 Å². The van der Waals surface area contributed by atoms with Gasteiger partial charge in [-0.05, 0) is 83.9 Å². The first kappa shape index (κ1) is 36.4. The van der Waals surface area contributed by atoms with Crippen molar-refractivity contribution in [3.05, 3.63) is 107 Å². The summed E-state index contributed by atoms with van der Waals surface area (Å²) in [5, 5.41) is 4.90. The van der Waals surface area contributed by atoms with Gasteiger partial charge in [-0.3, -0.25) is 18.7 Å². The lowest BCUT2D eigenvalue weighted by Gasteiger charge is -2.20. The predicted molar refractivity (Wildman–Crippen MR) is 175 cm³/mol. The molecule has 0 saturated carbocycles. The number of hydrogen-bond acceptors (Lipinski definition) is 10. The van der Waals surface area contributed by atoms with E-state index in [-0.39, 0.29) is 43.4 Å². The molecule has 48 heavy (non-hydrogen) atoms. The third kappa shape index (κ3) is 8.52. The highest BCUT2D eigenvalue weighted by molar-refractivity contribution is 7.91. The molecule has 0 atom stereocenters. The summed E-state index contributed by atoms with van der Waals surface area (Å²) in [6.45, 7) is 1.40. The zero-order chi connectivity index (χ0) is 35.8. The lowest BCUT2D eigenvalue weighted by Crippen LogP contribution is -2.15. The van der Waals surface area contributed by atoms with E-state index in [1.54, 1.807) is 0 Å². The van der Waals surface area contributed by atoms with Crippen molar-refractivity contribution in [2.75, 3.05) is 23.1 Å². The number of carbonyl (C=O) groups is 2. The highest BCUT2D eigenvalue weighted by Gasteiger charge is 2.27. The first-order chi connectivity index (χ1) is 22.1. The summed E-state index contributed by atoms with van der Waals surface area (Å²) < 4.78 is 117. The van der Waals surface area contributed by atoms with Crippen molar-refractivity contribution in [1.29, 1.82) is 0 Å². The summed E-state index contributed by atoms with van der Waals surface area (Å²) >= 11 is 0. The number of amides is 2. The lowest BCUT2D eigenvalue weighted by atomic mass is 9.92. The minimum absolute atomic E-state index is 0.0213. The number of benzene rings is 4. The molecule has 18 heteroatoms. The molecular formula is C30H28N2O12S4. The normalized spacial score (nSPS) is 12.5. The molecule has 14 nitrogen and oxygen atoms in total. The molecular weight excluding hydrogens is 709 g/mol. The van der Waals surface area contributed by atoms with Crippen LogP contribution in [0.4, 0.5) is 11.4 Å². The molecule has 0 radical (unpaired) electrons. The summed E-state index contributed by atoms with van der Waals surface area (Å²) in [6, 6.07) is 16.8. The van der Waals surface area contributed by atoms with Gasteiger partial charge in [0.25, 0.3) is 32.1 Å². The monoisotopic (exact) mass is 736 g/mol. The van der Waals surface area contributed by atoms with E-state index in [0.717, 1.165) is 24.6 Å². The Hall–Kier alpha value is -4.46. The molecule has 4 aromatic rings. The fourth-order valence-electron chi connectivity index (χ4n) is 4.67. The molecule has 0 spiro atoms. The van der Waals surface area contributed by atoms with Crippen LogP contribution in [0.5, 0.6) is 0 Å². The molecule has 0 aliphatic heterocycles. The number of nitrogens with one attached hydrogen (secondary N) is 2. The van der Waals surface area contributed by atoms with E-state index in [9.17, 15) is 52.4 Å². The van der Waals surface area contributed by atoms with E-state index in [1.807, 2.05) is 0 Å². The topological polar surface area (TPSA) is 235 Å². The Morgan fingerprint density at radius 3 is 1.12 bits per heavy atom. The molecule has 0 unspecified atom stereocenters. The number of rotatable bonds is 10. The standard InChI is InChI=1S/C30H28N2O12S4/c1-18(25-14-8-21(16-27(25)47(39,40)41)31-29(33)19-4-10-23(11-5-19)45(2,35)36)26-15-9-22(17-28(26)48(42,43)44)32-30(34)20-6-12-24(13-7-20)46(3,37)38/h4-18H,1-3H3,(H,31,33)(H,32,34)(H,39,40,41)(H,42,43,44). The van der Waals surface area contributed by atoms with Crippen molar-refractivity contribution >= 4 is 63.1 Å². The summed E-state index contributed by atoms with van der Waals surface area (Å²) in [7, 11) is -17.0. The van der Waals surface area contributed by atoms with Crippen molar-refractivity contribution in [3.8, 4) is 0 Å². The van der Waals surface area contributed by atoms with Gasteiger partial charge < -0.3 is 10.6 Å². The van der Waals surface area contributed by atoms with E-state index in [2.05, 4.69) is 10.6 Å². The zero-order valence-electron chi connectivity index (χ0n) is 25.3. The largest absolute Gasteiger partial charge is 0.322 e. The van der Waals surface area contributed by atoms with Crippen LogP contribution in [-0.2, 0) is 39.9 Å². The van der Waals surface area contributed by atoms with E-state index < -0.39 is 67.4 Å². The summed E-state index contributed by atoms with van der Waals surface area (Å²) in [5.74, 6) is -2.56. The molecule has 0 bridgehead atoms. The van der Waals surface area contributed by atoms with Crippen molar-refractivity contribution in [1.82, 2.24) is 0 Å². The highest BCUT2D eigenvalue weighted by atomic mass is 32.2. The number of carbonyl (C=O) groups excluding carboxylic acids is 2. The van der Waals surface area contributed by atoms with Gasteiger partial charge in [0.2, 0.25) is 0 Å². The number of sulfone groups is 2. The Morgan fingerprint density at radius 1 is 0.542 bits per heavy atom. The van der Waals surface area contributed by atoms with Crippen molar-refractivity contribution in [2.24, 2.45) is 0 Å². The minimum atomic E-state index is -4.97. The lowest BCUT2D eigenvalue weighted by molar-refractivity contribution is 0.101. The van der Waals surface area contributed by atoms with Gasteiger partial charge in [-0.1, -0.05) is 19.1 Å². The van der Waals surface area contributed by atoms with Crippen molar-refractivity contribution in [2.45, 2.75) is 32.4 Å². The van der Waals surface area contributed by atoms with Crippen LogP contribution < -0.4 is 10.6 Å². The average molecular weight is 737 g/mol. The van der Waals surface area contributed by atoms with Crippen molar-refractivity contribution in [3.63, 3.8) is 0 Å².